The number of benzene rings is 2. The van der Waals surface area contributed by atoms with Crippen LogP contribution in [0.25, 0.3) is 10.1 Å². The normalized spacial score (nSPS) is 12.7. The first-order valence-corrected chi connectivity index (χ1v) is 8.43. The van der Waals surface area contributed by atoms with Crippen LogP contribution in [0.15, 0.2) is 53.9 Å². The molecule has 0 aliphatic heterocycles. The molecule has 1 nitrogen and oxygen atoms in total. The third-order valence-electron chi connectivity index (χ3n) is 3.80. The monoisotopic (exact) mass is 295 g/mol. The molecule has 0 fully saturated rings. The Labute approximate surface area is 130 Å². The molecule has 0 saturated carbocycles. The van der Waals surface area contributed by atoms with Gasteiger partial charge in [-0.3, -0.25) is 0 Å². The lowest BCUT2D eigenvalue weighted by molar-refractivity contribution is 0.602. The fourth-order valence-electron chi connectivity index (χ4n) is 2.77. The largest absolute Gasteiger partial charge is 0.306 e. The maximum absolute atomic E-state index is 3.71. The Morgan fingerprint density at radius 2 is 1.95 bits per heavy atom. The second-order valence-corrected chi connectivity index (χ2v) is 6.40. The van der Waals surface area contributed by atoms with Crippen LogP contribution < -0.4 is 5.32 Å². The van der Waals surface area contributed by atoms with E-state index in [1.807, 2.05) is 11.3 Å². The van der Waals surface area contributed by atoms with Crippen molar-refractivity contribution < 1.29 is 0 Å². The number of nitrogens with one attached hydrogen (secondary N) is 1. The summed E-state index contributed by atoms with van der Waals surface area (Å²) in [5.41, 5.74) is 4.07. The van der Waals surface area contributed by atoms with Crippen LogP contribution in [0.3, 0.4) is 0 Å². The van der Waals surface area contributed by atoms with Crippen molar-refractivity contribution in [3.05, 3.63) is 70.6 Å². The van der Waals surface area contributed by atoms with Gasteiger partial charge in [0.15, 0.2) is 0 Å². The number of aryl methyl sites for hydroxylation is 1. The molecule has 108 valence electrons. The summed E-state index contributed by atoms with van der Waals surface area (Å²) < 4.78 is 1.36. The van der Waals surface area contributed by atoms with Crippen molar-refractivity contribution in [1.29, 1.82) is 0 Å². The van der Waals surface area contributed by atoms with Crippen LogP contribution in [0.2, 0.25) is 0 Å². The van der Waals surface area contributed by atoms with Gasteiger partial charge >= 0.3 is 0 Å². The van der Waals surface area contributed by atoms with Crippen LogP contribution in [-0.4, -0.2) is 6.54 Å². The zero-order valence-corrected chi connectivity index (χ0v) is 13.4. The molecule has 0 bridgehead atoms. The first kappa shape index (κ1) is 14.3. The summed E-state index contributed by atoms with van der Waals surface area (Å²) in [5, 5.41) is 7.39. The zero-order valence-electron chi connectivity index (χ0n) is 12.6. The molecule has 2 heteroatoms. The Bertz CT molecular complexity index is 729. The van der Waals surface area contributed by atoms with E-state index in [0.717, 1.165) is 13.0 Å². The molecule has 2 aromatic carbocycles. The molecule has 3 rings (SSSR count). The minimum Gasteiger partial charge on any atom is -0.306 e. The van der Waals surface area contributed by atoms with Crippen LogP contribution in [0.1, 0.15) is 36.1 Å². The van der Waals surface area contributed by atoms with Crippen molar-refractivity contribution in [3.63, 3.8) is 0 Å². The van der Waals surface area contributed by atoms with Crippen molar-refractivity contribution in [2.24, 2.45) is 0 Å². The third-order valence-corrected chi connectivity index (χ3v) is 4.78. The molecular formula is C19H21NS. The lowest BCUT2D eigenvalue weighted by Gasteiger charge is -2.19. The molecule has 0 amide bonds. The SMILES string of the molecule is CCCNC(c1cccc(C)c1)c1csc2ccccc12. The number of thiophene rings is 1. The quantitative estimate of drug-likeness (QED) is 0.673. The summed E-state index contributed by atoms with van der Waals surface area (Å²) in [4.78, 5) is 0. The lowest BCUT2D eigenvalue weighted by atomic mass is 9.97. The molecule has 0 aliphatic rings. The molecule has 0 aliphatic carbocycles. The van der Waals surface area contributed by atoms with Crippen molar-refractivity contribution in [3.8, 4) is 0 Å². The maximum Gasteiger partial charge on any atom is 0.0591 e. The maximum atomic E-state index is 3.71. The van der Waals surface area contributed by atoms with Crippen LogP contribution >= 0.6 is 11.3 Å². The van der Waals surface area contributed by atoms with Crippen LogP contribution in [0, 0.1) is 6.92 Å². The van der Waals surface area contributed by atoms with Gasteiger partial charge in [0.25, 0.3) is 0 Å². The van der Waals surface area contributed by atoms with Gasteiger partial charge in [0.1, 0.15) is 0 Å². The third kappa shape index (κ3) is 3.02. The molecule has 1 aromatic heterocycles. The van der Waals surface area contributed by atoms with Crippen molar-refractivity contribution in [1.82, 2.24) is 5.32 Å². The predicted octanol–water partition coefficient (Wildman–Crippen LogP) is 5.30. The smallest absolute Gasteiger partial charge is 0.0591 e. The summed E-state index contributed by atoms with van der Waals surface area (Å²) in [6.45, 7) is 5.40. The Morgan fingerprint density at radius 3 is 2.76 bits per heavy atom. The van der Waals surface area contributed by atoms with E-state index in [9.17, 15) is 0 Å². The van der Waals surface area contributed by atoms with Gasteiger partial charge in [-0.2, -0.15) is 0 Å². The van der Waals surface area contributed by atoms with Gasteiger partial charge in [0, 0.05) is 4.70 Å². The first-order chi connectivity index (χ1) is 10.3. The highest BCUT2D eigenvalue weighted by atomic mass is 32.1. The number of rotatable bonds is 5. The Morgan fingerprint density at radius 1 is 1.10 bits per heavy atom. The highest BCUT2D eigenvalue weighted by Crippen LogP contribution is 2.33. The number of hydrogen-bond acceptors (Lipinski definition) is 2. The van der Waals surface area contributed by atoms with Gasteiger partial charge < -0.3 is 5.32 Å². The summed E-state index contributed by atoms with van der Waals surface area (Å²) in [7, 11) is 0. The molecule has 3 aromatic rings. The predicted molar refractivity (Wildman–Crippen MR) is 93.1 cm³/mol. The van der Waals surface area contributed by atoms with E-state index >= 15 is 0 Å². The number of hydrogen-bond donors (Lipinski definition) is 1. The molecule has 0 spiro atoms. The van der Waals surface area contributed by atoms with E-state index in [0.29, 0.717) is 0 Å². The molecule has 0 radical (unpaired) electrons. The number of fused-ring (bicyclic) bond motifs is 1. The lowest BCUT2D eigenvalue weighted by Crippen LogP contribution is -2.23. The van der Waals surface area contributed by atoms with Gasteiger partial charge in [-0.15, -0.1) is 11.3 Å². The summed E-state index contributed by atoms with van der Waals surface area (Å²) in [6, 6.07) is 17.8. The topological polar surface area (TPSA) is 12.0 Å². The van der Waals surface area contributed by atoms with E-state index in [2.05, 4.69) is 73.1 Å². The van der Waals surface area contributed by atoms with Crippen LogP contribution in [0.4, 0.5) is 0 Å². The van der Waals surface area contributed by atoms with Gasteiger partial charge in [0.2, 0.25) is 0 Å². The molecule has 1 N–H and O–H groups in total. The molecular weight excluding hydrogens is 274 g/mol. The van der Waals surface area contributed by atoms with Crippen molar-refractivity contribution in [2.75, 3.05) is 6.54 Å². The second kappa shape index (κ2) is 6.42. The van der Waals surface area contributed by atoms with Gasteiger partial charge in [0.05, 0.1) is 6.04 Å². The first-order valence-electron chi connectivity index (χ1n) is 7.55. The van der Waals surface area contributed by atoms with Gasteiger partial charge in [-0.25, -0.2) is 0 Å². The van der Waals surface area contributed by atoms with Crippen molar-refractivity contribution in [2.45, 2.75) is 26.3 Å². The Hall–Kier alpha value is -1.64. The Balaban J connectivity index is 2.06. The molecule has 0 saturated heterocycles. The fourth-order valence-corrected chi connectivity index (χ4v) is 3.75. The fraction of sp³-hybridized carbons (Fsp3) is 0.263. The van der Waals surface area contributed by atoms with E-state index in [4.69, 9.17) is 0 Å². The van der Waals surface area contributed by atoms with E-state index in [1.165, 1.54) is 26.8 Å². The molecule has 1 heterocycles. The van der Waals surface area contributed by atoms with E-state index < -0.39 is 0 Å². The van der Waals surface area contributed by atoms with E-state index in [1.54, 1.807) is 0 Å². The van der Waals surface area contributed by atoms with Crippen LogP contribution in [0.5, 0.6) is 0 Å². The highest BCUT2D eigenvalue weighted by Gasteiger charge is 2.17. The Kier molecular flexibility index (Phi) is 4.37. The highest BCUT2D eigenvalue weighted by molar-refractivity contribution is 7.17. The average molecular weight is 295 g/mol. The summed E-state index contributed by atoms with van der Waals surface area (Å²) in [5.74, 6) is 0. The second-order valence-electron chi connectivity index (χ2n) is 5.49. The summed E-state index contributed by atoms with van der Waals surface area (Å²) >= 11 is 1.83. The van der Waals surface area contributed by atoms with Crippen LogP contribution in [-0.2, 0) is 0 Å². The van der Waals surface area contributed by atoms with Gasteiger partial charge in [-0.05, 0) is 47.8 Å². The standard InChI is InChI=1S/C19H21NS/c1-3-11-20-19(15-8-6-7-14(2)12-15)17-13-21-18-10-5-4-9-16(17)18/h4-10,12-13,19-20H,3,11H2,1-2H3. The minimum absolute atomic E-state index is 0.279. The zero-order chi connectivity index (χ0) is 14.7. The summed E-state index contributed by atoms with van der Waals surface area (Å²) in [6.07, 6.45) is 1.14. The van der Waals surface area contributed by atoms with E-state index in [-0.39, 0.29) is 6.04 Å². The minimum atomic E-state index is 0.279. The molecule has 21 heavy (non-hydrogen) atoms. The average Bonchev–Trinajstić information content (AvgIpc) is 2.92. The molecule has 1 unspecified atom stereocenters. The molecule has 1 atom stereocenters. The van der Waals surface area contributed by atoms with Gasteiger partial charge in [-0.1, -0.05) is 55.0 Å². The van der Waals surface area contributed by atoms with Crippen molar-refractivity contribution >= 4 is 21.4 Å².